The molecule has 1 aliphatic heterocycles. The third-order valence-electron chi connectivity index (χ3n) is 2.81. The minimum atomic E-state index is -0.580. The normalized spacial score (nSPS) is 29.6. The van der Waals surface area contributed by atoms with E-state index in [1.54, 1.807) is 13.8 Å². The highest BCUT2D eigenvalue weighted by Crippen LogP contribution is 2.26. The second-order valence-corrected chi connectivity index (χ2v) is 4.08. The fraction of sp³-hybridized carbons (Fsp3) is 0.600. The van der Waals surface area contributed by atoms with Crippen molar-refractivity contribution in [3.8, 4) is 0 Å². The van der Waals surface area contributed by atoms with Gasteiger partial charge < -0.3 is 9.84 Å². The number of aliphatic hydroxyl groups is 1. The van der Waals surface area contributed by atoms with E-state index >= 15 is 0 Å². The molecule has 1 aliphatic rings. The molecule has 16 heavy (non-hydrogen) atoms. The smallest absolute Gasteiger partial charge is 0.330 e. The van der Waals surface area contributed by atoms with Gasteiger partial charge in [0.25, 0.3) is 5.56 Å². The van der Waals surface area contributed by atoms with Crippen molar-refractivity contribution >= 4 is 0 Å². The standard InChI is InChI=1S/C10H14N2O4/c1-5-4-12(10(15)11-9(5)14)8-3-7(13)6(2)16-8/h4,6-8,13H,3H2,1-2H3,(H,11,14,15)/t6-,7-,8+/m1/s1. The Morgan fingerprint density at radius 1 is 1.56 bits per heavy atom. The van der Waals surface area contributed by atoms with Crippen LogP contribution in [0.5, 0.6) is 0 Å². The van der Waals surface area contributed by atoms with Crippen LogP contribution in [0.1, 0.15) is 25.1 Å². The molecule has 3 atom stereocenters. The highest BCUT2D eigenvalue weighted by atomic mass is 16.5. The molecule has 0 unspecified atom stereocenters. The van der Waals surface area contributed by atoms with Crippen LogP contribution in [0.2, 0.25) is 0 Å². The van der Waals surface area contributed by atoms with Crippen molar-refractivity contribution in [2.45, 2.75) is 38.7 Å². The molecule has 0 amide bonds. The number of aryl methyl sites for hydroxylation is 1. The summed E-state index contributed by atoms with van der Waals surface area (Å²) in [4.78, 5) is 24.9. The molecular weight excluding hydrogens is 212 g/mol. The van der Waals surface area contributed by atoms with Gasteiger partial charge in [-0.2, -0.15) is 0 Å². The van der Waals surface area contributed by atoms with E-state index in [1.807, 2.05) is 0 Å². The van der Waals surface area contributed by atoms with Crippen molar-refractivity contribution in [3.05, 3.63) is 32.6 Å². The fourth-order valence-electron chi connectivity index (χ4n) is 1.77. The number of nitrogens with zero attached hydrogens (tertiary/aromatic N) is 1. The van der Waals surface area contributed by atoms with Gasteiger partial charge >= 0.3 is 5.69 Å². The van der Waals surface area contributed by atoms with Crippen LogP contribution in [-0.2, 0) is 4.74 Å². The number of hydrogen-bond donors (Lipinski definition) is 2. The van der Waals surface area contributed by atoms with Gasteiger partial charge in [-0.15, -0.1) is 0 Å². The summed E-state index contributed by atoms with van der Waals surface area (Å²) >= 11 is 0. The molecule has 6 heteroatoms. The lowest BCUT2D eigenvalue weighted by Gasteiger charge is -2.13. The SMILES string of the molecule is Cc1cn([C@@H]2C[C@@H](O)[C@@H](C)O2)c(=O)[nH]c1=O. The molecule has 6 nitrogen and oxygen atoms in total. The Hall–Kier alpha value is -1.40. The maximum atomic E-state index is 11.5. The van der Waals surface area contributed by atoms with Gasteiger partial charge in [-0.25, -0.2) is 4.79 Å². The van der Waals surface area contributed by atoms with Gasteiger partial charge in [0.05, 0.1) is 12.2 Å². The highest BCUT2D eigenvalue weighted by molar-refractivity contribution is 5.01. The molecule has 1 aromatic heterocycles. The number of aromatic nitrogens is 2. The number of ether oxygens (including phenoxy) is 1. The summed E-state index contributed by atoms with van der Waals surface area (Å²) in [6.45, 7) is 3.36. The van der Waals surface area contributed by atoms with E-state index in [9.17, 15) is 14.7 Å². The van der Waals surface area contributed by atoms with Crippen molar-refractivity contribution < 1.29 is 9.84 Å². The second kappa shape index (κ2) is 3.88. The van der Waals surface area contributed by atoms with Crippen LogP contribution in [-0.4, -0.2) is 26.9 Å². The van der Waals surface area contributed by atoms with Gasteiger partial charge in [-0.1, -0.05) is 0 Å². The topological polar surface area (TPSA) is 84.3 Å². The minimum absolute atomic E-state index is 0.302. The average Bonchev–Trinajstić information content (AvgIpc) is 2.53. The zero-order valence-corrected chi connectivity index (χ0v) is 9.14. The van der Waals surface area contributed by atoms with Crippen molar-refractivity contribution in [2.24, 2.45) is 0 Å². The highest BCUT2D eigenvalue weighted by Gasteiger charge is 2.32. The van der Waals surface area contributed by atoms with Gasteiger partial charge in [-0.05, 0) is 13.8 Å². The molecule has 0 aromatic carbocycles. The van der Waals surface area contributed by atoms with Gasteiger partial charge in [0.15, 0.2) is 0 Å². The summed E-state index contributed by atoms with van der Waals surface area (Å²) in [7, 11) is 0. The van der Waals surface area contributed by atoms with E-state index in [2.05, 4.69) is 4.98 Å². The Morgan fingerprint density at radius 3 is 2.81 bits per heavy atom. The molecule has 1 fully saturated rings. The number of hydrogen-bond acceptors (Lipinski definition) is 4. The zero-order chi connectivity index (χ0) is 11.9. The molecule has 1 aromatic rings. The molecular formula is C10H14N2O4. The molecule has 0 radical (unpaired) electrons. The molecule has 1 saturated heterocycles. The van der Waals surface area contributed by atoms with Crippen LogP contribution >= 0.6 is 0 Å². The molecule has 0 bridgehead atoms. The summed E-state index contributed by atoms with van der Waals surface area (Å²) in [5.74, 6) is 0. The van der Waals surface area contributed by atoms with Gasteiger partial charge in [-0.3, -0.25) is 14.3 Å². The van der Waals surface area contributed by atoms with Crippen LogP contribution in [0.4, 0.5) is 0 Å². The van der Waals surface area contributed by atoms with E-state index in [-0.39, 0.29) is 6.10 Å². The number of aromatic amines is 1. The van der Waals surface area contributed by atoms with E-state index < -0.39 is 23.6 Å². The summed E-state index contributed by atoms with van der Waals surface area (Å²) in [5, 5.41) is 9.53. The first kappa shape index (κ1) is 11.1. The van der Waals surface area contributed by atoms with Crippen molar-refractivity contribution in [1.29, 1.82) is 0 Å². The lowest BCUT2D eigenvalue weighted by atomic mass is 10.2. The Morgan fingerprint density at radius 2 is 2.25 bits per heavy atom. The van der Waals surface area contributed by atoms with Gasteiger partial charge in [0, 0.05) is 18.2 Å². The fourth-order valence-corrected chi connectivity index (χ4v) is 1.77. The van der Waals surface area contributed by atoms with Gasteiger partial charge in [0.2, 0.25) is 0 Å². The lowest BCUT2D eigenvalue weighted by Crippen LogP contribution is -2.33. The van der Waals surface area contributed by atoms with E-state index in [4.69, 9.17) is 4.74 Å². The van der Waals surface area contributed by atoms with Crippen LogP contribution in [0.15, 0.2) is 15.8 Å². The maximum Gasteiger partial charge on any atom is 0.330 e. The largest absolute Gasteiger partial charge is 0.390 e. The quantitative estimate of drug-likeness (QED) is 0.677. The molecule has 2 N–H and O–H groups in total. The van der Waals surface area contributed by atoms with Crippen molar-refractivity contribution in [3.63, 3.8) is 0 Å². The number of nitrogens with one attached hydrogen (secondary N) is 1. The molecule has 2 heterocycles. The van der Waals surface area contributed by atoms with E-state index in [0.717, 1.165) is 0 Å². The number of H-pyrrole nitrogens is 1. The molecule has 0 spiro atoms. The Labute approximate surface area is 91.5 Å². The van der Waals surface area contributed by atoms with E-state index in [0.29, 0.717) is 12.0 Å². The molecule has 2 rings (SSSR count). The molecule has 0 saturated carbocycles. The Kier molecular flexibility index (Phi) is 2.69. The third-order valence-corrected chi connectivity index (χ3v) is 2.81. The Bertz CT molecular complexity index is 494. The predicted octanol–water partition coefficient (Wildman–Crippen LogP) is -0.487. The summed E-state index contributed by atoms with van der Waals surface area (Å²) in [6.07, 6.45) is 0.421. The first-order valence-electron chi connectivity index (χ1n) is 5.14. The van der Waals surface area contributed by atoms with Crippen LogP contribution in [0, 0.1) is 6.92 Å². The third kappa shape index (κ3) is 1.81. The van der Waals surface area contributed by atoms with E-state index in [1.165, 1.54) is 10.8 Å². The van der Waals surface area contributed by atoms with Crippen LogP contribution < -0.4 is 11.2 Å². The summed E-state index contributed by atoms with van der Waals surface area (Å²) in [5.41, 5.74) is -0.466. The number of rotatable bonds is 1. The number of aliphatic hydroxyl groups excluding tert-OH is 1. The summed E-state index contributed by atoms with van der Waals surface area (Å²) < 4.78 is 6.74. The molecule has 88 valence electrons. The van der Waals surface area contributed by atoms with Crippen LogP contribution in [0.3, 0.4) is 0 Å². The summed E-state index contributed by atoms with van der Waals surface area (Å²) in [6, 6.07) is 0. The zero-order valence-electron chi connectivity index (χ0n) is 9.14. The first-order chi connectivity index (χ1) is 7.49. The Balaban J connectivity index is 2.39. The molecule has 0 aliphatic carbocycles. The van der Waals surface area contributed by atoms with Crippen molar-refractivity contribution in [1.82, 2.24) is 9.55 Å². The van der Waals surface area contributed by atoms with Crippen LogP contribution in [0.25, 0.3) is 0 Å². The maximum absolute atomic E-state index is 11.5. The predicted molar refractivity (Wildman–Crippen MR) is 56.3 cm³/mol. The lowest BCUT2D eigenvalue weighted by molar-refractivity contribution is -0.0102. The second-order valence-electron chi connectivity index (χ2n) is 4.08. The first-order valence-corrected chi connectivity index (χ1v) is 5.14. The minimum Gasteiger partial charge on any atom is -0.390 e. The monoisotopic (exact) mass is 226 g/mol. The van der Waals surface area contributed by atoms with Crippen molar-refractivity contribution in [2.75, 3.05) is 0 Å². The average molecular weight is 226 g/mol. The van der Waals surface area contributed by atoms with Gasteiger partial charge in [0.1, 0.15) is 6.23 Å².